The Morgan fingerprint density at radius 1 is 1.07 bits per heavy atom. The Kier molecular flexibility index (Phi) is 3.98. The van der Waals surface area contributed by atoms with Gasteiger partial charge < -0.3 is 14.8 Å². The van der Waals surface area contributed by atoms with Gasteiger partial charge in [-0.15, -0.1) is 0 Å². The van der Waals surface area contributed by atoms with Gasteiger partial charge in [0.1, 0.15) is 17.5 Å². The second kappa shape index (κ2) is 6.34. The molecule has 0 spiro atoms. The molecule has 7 atom stereocenters. The molecule has 29 heavy (non-hydrogen) atoms. The third-order valence-corrected chi connectivity index (χ3v) is 7.13. The van der Waals surface area contributed by atoms with Crippen LogP contribution in [0.25, 0.3) is 0 Å². The molecule has 5 aliphatic rings. The number of nitrogens with zero attached hydrogens (tertiary/aromatic N) is 1. The molecule has 0 unspecified atom stereocenters. The highest BCUT2D eigenvalue weighted by Gasteiger charge is 2.67. The zero-order chi connectivity index (χ0) is 20.4. The Labute approximate surface area is 169 Å². The van der Waals surface area contributed by atoms with Crippen LogP contribution in [0, 0.1) is 35.5 Å². The minimum Gasteiger partial charge on any atom is -0.497 e. The van der Waals surface area contributed by atoms with E-state index in [2.05, 4.69) is 17.5 Å². The van der Waals surface area contributed by atoms with Crippen LogP contribution in [0.5, 0.6) is 11.5 Å². The largest absolute Gasteiger partial charge is 0.497 e. The number of rotatable bonds is 5. The summed E-state index contributed by atoms with van der Waals surface area (Å²) in [5.41, 5.74) is 0.434. The number of ether oxygens (including phenoxy) is 2. The third-order valence-electron chi connectivity index (χ3n) is 7.13. The minimum absolute atomic E-state index is 0.144. The summed E-state index contributed by atoms with van der Waals surface area (Å²) in [4.78, 5) is 40.5. The number of nitrogens with one attached hydrogen (secondary N) is 1. The Morgan fingerprint density at radius 2 is 1.69 bits per heavy atom. The Balaban J connectivity index is 1.38. The second-order valence-corrected chi connectivity index (χ2v) is 8.43. The van der Waals surface area contributed by atoms with Gasteiger partial charge in [0.05, 0.1) is 31.7 Å². The number of allylic oxidation sites excluding steroid dienone is 2. The SMILES string of the molecule is COc1ccc(OC)c(NC(=O)[C@H](C)N2C(=O)[C@@H]3[C@H]4C=C[C@@H]([C@@H]5C[C@@H]45)[C@H]3C2=O)c1. The molecule has 0 aromatic heterocycles. The van der Waals surface area contributed by atoms with Gasteiger partial charge in [-0.1, -0.05) is 12.2 Å². The molecule has 6 rings (SSSR count). The van der Waals surface area contributed by atoms with Crippen LogP contribution in [-0.4, -0.2) is 42.9 Å². The predicted octanol–water partition coefficient (Wildman–Crippen LogP) is 2.08. The van der Waals surface area contributed by atoms with Crippen molar-refractivity contribution >= 4 is 23.4 Å². The first kappa shape index (κ1) is 18.2. The fourth-order valence-corrected chi connectivity index (χ4v) is 5.63. The average molecular weight is 396 g/mol. The number of methoxy groups -OCH3 is 2. The second-order valence-electron chi connectivity index (χ2n) is 8.43. The fourth-order valence-electron chi connectivity index (χ4n) is 5.63. The summed E-state index contributed by atoms with van der Waals surface area (Å²) in [6, 6.07) is 4.17. The highest BCUT2D eigenvalue weighted by molar-refractivity contribution is 6.10. The van der Waals surface area contributed by atoms with Gasteiger partial charge in [0, 0.05) is 6.07 Å². The van der Waals surface area contributed by atoms with Crippen molar-refractivity contribution in [3.8, 4) is 11.5 Å². The number of carbonyl (C=O) groups is 3. The quantitative estimate of drug-likeness (QED) is 0.609. The highest BCUT2D eigenvalue weighted by atomic mass is 16.5. The van der Waals surface area contributed by atoms with E-state index in [9.17, 15) is 14.4 Å². The van der Waals surface area contributed by atoms with E-state index in [0.717, 1.165) is 6.42 Å². The van der Waals surface area contributed by atoms with Crippen LogP contribution in [-0.2, 0) is 14.4 Å². The number of carbonyl (C=O) groups excluding carboxylic acids is 3. The number of anilines is 1. The Morgan fingerprint density at radius 3 is 2.24 bits per heavy atom. The lowest BCUT2D eigenvalue weighted by atomic mass is 9.63. The lowest BCUT2D eigenvalue weighted by Gasteiger charge is -2.37. The number of amides is 3. The van der Waals surface area contributed by atoms with Gasteiger partial charge in [-0.25, -0.2) is 0 Å². The van der Waals surface area contributed by atoms with Crippen LogP contribution in [0.4, 0.5) is 5.69 Å². The van der Waals surface area contributed by atoms with Crippen LogP contribution in [0.2, 0.25) is 0 Å². The van der Waals surface area contributed by atoms with Crippen molar-refractivity contribution in [2.45, 2.75) is 19.4 Å². The van der Waals surface area contributed by atoms with E-state index in [0.29, 0.717) is 29.0 Å². The molecular weight excluding hydrogens is 372 g/mol. The summed E-state index contributed by atoms with van der Waals surface area (Å²) < 4.78 is 10.5. The van der Waals surface area contributed by atoms with Crippen LogP contribution in [0.3, 0.4) is 0 Å². The number of imide groups is 1. The van der Waals surface area contributed by atoms with Gasteiger partial charge in [-0.3, -0.25) is 19.3 Å². The topological polar surface area (TPSA) is 84.9 Å². The van der Waals surface area contributed by atoms with E-state index in [1.807, 2.05) is 0 Å². The average Bonchev–Trinajstić information content (AvgIpc) is 3.51. The maximum absolute atomic E-state index is 13.2. The fraction of sp³-hybridized carbons (Fsp3) is 0.500. The van der Waals surface area contributed by atoms with Crippen molar-refractivity contribution in [2.24, 2.45) is 35.5 Å². The molecule has 2 bridgehead atoms. The summed E-state index contributed by atoms with van der Waals surface area (Å²) in [7, 11) is 3.04. The summed E-state index contributed by atoms with van der Waals surface area (Å²) in [5.74, 6) is 0.955. The van der Waals surface area contributed by atoms with Gasteiger partial charge in [-0.05, 0) is 49.1 Å². The molecule has 4 aliphatic carbocycles. The highest BCUT2D eigenvalue weighted by Crippen LogP contribution is 2.65. The summed E-state index contributed by atoms with van der Waals surface area (Å²) in [6.45, 7) is 1.60. The molecule has 3 amide bonds. The monoisotopic (exact) mass is 396 g/mol. The molecule has 2 saturated carbocycles. The molecular formula is C22H24N2O5. The van der Waals surface area contributed by atoms with Gasteiger partial charge in [-0.2, -0.15) is 0 Å². The minimum atomic E-state index is -0.896. The lowest BCUT2D eigenvalue weighted by Crippen LogP contribution is -2.46. The number of hydrogen-bond acceptors (Lipinski definition) is 5. The van der Waals surface area contributed by atoms with E-state index in [4.69, 9.17) is 9.47 Å². The van der Waals surface area contributed by atoms with Gasteiger partial charge in [0.15, 0.2) is 0 Å². The number of benzene rings is 1. The molecule has 0 radical (unpaired) electrons. The van der Waals surface area contributed by atoms with Crippen molar-refractivity contribution < 1.29 is 23.9 Å². The standard InChI is InChI=1S/C22H24N2O5/c1-10(20(25)23-16-8-11(28-2)4-7-17(16)29-3)24-21(26)18-12-5-6-13(15-9-14(12)15)19(18)22(24)27/h4-8,10,12-15,18-19H,9H2,1-3H3,(H,23,25)/t10-,12-,13-,14-,15-,18+,19+/m0/s1. The summed E-state index contributed by atoms with van der Waals surface area (Å²) >= 11 is 0. The van der Waals surface area contributed by atoms with E-state index in [1.54, 1.807) is 25.1 Å². The molecule has 3 fully saturated rings. The van der Waals surface area contributed by atoms with Crippen molar-refractivity contribution in [3.05, 3.63) is 30.4 Å². The Hall–Kier alpha value is -2.83. The lowest BCUT2D eigenvalue weighted by molar-refractivity contribution is -0.146. The molecule has 1 N–H and O–H groups in total. The number of likely N-dealkylation sites (tertiary alicyclic amines) is 1. The zero-order valence-corrected chi connectivity index (χ0v) is 16.6. The van der Waals surface area contributed by atoms with Crippen molar-refractivity contribution in [3.63, 3.8) is 0 Å². The number of hydrogen-bond donors (Lipinski definition) is 1. The van der Waals surface area contributed by atoms with Gasteiger partial charge in [0.25, 0.3) is 0 Å². The molecule has 1 heterocycles. The molecule has 7 nitrogen and oxygen atoms in total. The van der Waals surface area contributed by atoms with Crippen LogP contribution < -0.4 is 14.8 Å². The third kappa shape index (κ3) is 2.52. The van der Waals surface area contributed by atoms with Crippen LogP contribution in [0.15, 0.2) is 30.4 Å². The van der Waals surface area contributed by atoms with E-state index >= 15 is 0 Å². The van der Waals surface area contributed by atoms with Crippen LogP contribution >= 0.6 is 0 Å². The first-order valence-electron chi connectivity index (χ1n) is 10.0. The van der Waals surface area contributed by atoms with E-state index < -0.39 is 11.9 Å². The molecule has 152 valence electrons. The van der Waals surface area contributed by atoms with Crippen molar-refractivity contribution in [1.29, 1.82) is 0 Å². The smallest absolute Gasteiger partial charge is 0.247 e. The Bertz CT molecular complexity index is 905. The zero-order valence-electron chi connectivity index (χ0n) is 16.6. The molecule has 1 aromatic rings. The predicted molar refractivity (Wildman–Crippen MR) is 104 cm³/mol. The molecule has 1 saturated heterocycles. The molecule has 7 heteroatoms. The van der Waals surface area contributed by atoms with E-state index in [1.165, 1.54) is 19.1 Å². The maximum atomic E-state index is 13.2. The van der Waals surface area contributed by atoms with Crippen molar-refractivity contribution in [2.75, 3.05) is 19.5 Å². The molecule has 1 aromatic carbocycles. The van der Waals surface area contributed by atoms with Gasteiger partial charge in [0.2, 0.25) is 17.7 Å². The van der Waals surface area contributed by atoms with Gasteiger partial charge >= 0.3 is 0 Å². The first-order chi connectivity index (χ1) is 14.0. The normalized spacial score (nSPS) is 34.5. The first-order valence-corrected chi connectivity index (χ1v) is 10.0. The summed E-state index contributed by atoms with van der Waals surface area (Å²) in [6.07, 6.45) is 5.36. The van der Waals surface area contributed by atoms with Crippen molar-refractivity contribution in [1.82, 2.24) is 4.90 Å². The summed E-state index contributed by atoms with van der Waals surface area (Å²) in [5, 5.41) is 2.79. The molecule has 1 aliphatic heterocycles. The van der Waals surface area contributed by atoms with Crippen LogP contribution in [0.1, 0.15) is 13.3 Å². The van der Waals surface area contributed by atoms with E-state index in [-0.39, 0.29) is 35.5 Å². The maximum Gasteiger partial charge on any atom is 0.247 e.